The Balaban J connectivity index is 1.44. The number of benzene rings is 1. The minimum absolute atomic E-state index is 0.122. The van der Waals surface area contributed by atoms with Crippen molar-refractivity contribution in [2.75, 3.05) is 37.6 Å². The Hall–Kier alpha value is -3.24. The van der Waals surface area contributed by atoms with Crippen molar-refractivity contribution in [1.29, 1.82) is 5.26 Å². The number of nitrogens with zero attached hydrogens (tertiary/aromatic N) is 6. The van der Waals surface area contributed by atoms with Gasteiger partial charge in [0, 0.05) is 67.8 Å². The molecule has 7 nitrogen and oxygen atoms in total. The van der Waals surface area contributed by atoms with E-state index in [2.05, 4.69) is 25.8 Å². The summed E-state index contributed by atoms with van der Waals surface area (Å²) < 4.78 is 2.01. The van der Waals surface area contributed by atoms with Crippen LogP contribution < -0.4 is 4.90 Å². The molecule has 0 spiro atoms. The minimum Gasteiger partial charge on any atom is -0.346 e. The van der Waals surface area contributed by atoms with E-state index in [-0.39, 0.29) is 5.78 Å². The van der Waals surface area contributed by atoms with Crippen LogP contribution in [0, 0.1) is 11.3 Å². The van der Waals surface area contributed by atoms with Gasteiger partial charge in [-0.2, -0.15) is 5.26 Å². The third kappa shape index (κ3) is 3.73. The maximum Gasteiger partial charge on any atom is 0.225 e. The Morgan fingerprint density at radius 3 is 2.57 bits per heavy atom. The Kier molecular flexibility index (Phi) is 5.31. The average Bonchev–Trinajstić information content (AvgIpc) is 3.12. The van der Waals surface area contributed by atoms with Crippen molar-refractivity contribution in [3.63, 3.8) is 0 Å². The van der Waals surface area contributed by atoms with E-state index in [1.807, 2.05) is 41.1 Å². The molecule has 1 fully saturated rings. The molecule has 1 aromatic carbocycles. The van der Waals surface area contributed by atoms with Crippen LogP contribution in [0.3, 0.4) is 0 Å². The van der Waals surface area contributed by atoms with Crippen LogP contribution in [-0.4, -0.2) is 57.9 Å². The highest BCUT2D eigenvalue weighted by Crippen LogP contribution is 2.23. The van der Waals surface area contributed by atoms with Gasteiger partial charge in [0.15, 0.2) is 5.78 Å². The zero-order valence-electron chi connectivity index (χ0n) is 15.7. The van der Waals surface area contributed by atoms with Crippen molar-refractivity contribution in [2.24, 2.45) is 0 Å². The van der Waals surface area contributed by atoms with Gasteiger partial charge in [-0.15, -0.1) is 0 Å². The highest BCUT2D eigenvalue weighted by Gasteiger charge is 2.22. The second-order valence-corrected chi connectivity index (χ2v) is 6.90. The van der Waals surface area contributed by atoms with E-state index in [9.17, 15) is 4.79 Å². The van der Waals surface area contributed by atoms with Gasteiger partial charge in [0.25, 0.3) is 0 Å². The number of carbonyl (C=O) groups is 1. The molecule has 0 amide bonds. The van der Waals surface area contributed by atoms with Gasteiger partial charge in [0.1, 0.15) is 0 Å². The summed E-state index contributed by atoms with van der Waals surface area (Å²) in [6, 6.07) is 11.9. The first kappa shape index (κ1) is 18.1. The van der Waals surface area contributed by atoms with Crippen molar-refractivity contribution >= 4 is 22.6 Å². The number of aromatic nitrogens is 3. The molecule has 0 saturated carbocycles. The summed E-state index contributed by atoms with van der Waals surface area (Å²) in [6.45, 7) is 4.21. The molecule has 0 aliphatic carbocycles. The summed E-state index contributed by atoms with van der Waals surface area (Å²) in [6.07, 6.45) is 5.83. The molecular formula is C21H22N6O. The van der Waals surface area contributed by atoms with Gasteiger partial charge in [-0.05, 0) is 12.1 Å². The maximum atomic E-state index is 13.0. The first-order chi connectivity index (χ1) is 13.8. The number of para-hydroxylation sites is 1. The number of piperazine rings is 1. The molecule has 4 rings (SSSR count). The highest BCUT2D eigenvalue weighted by atomic mass is 16.1. The number of anilines is 1. The molecular weight excluding hydrogens is 352 g/mol. The van der Waals surface area contributed by atoms with Crippen molar-refractivity contribution in [2.45, 2.75) is 13.0 Å². The first-order valence-electron chi connectivity index (χ1n) is 9.48. The average molecular weight is 374 g/mol. The molecule has 0 bridgehead atoms. The van der Waals surface area contributed by atoms with E-state index >= 15 is 0 Å². The molecule has 0 unspecified atom stereocenters. The van der Waals surface area contributed by atoms with E-state index in [4.69, 9.17) is 5.26 Å². The number of Topliss-reactive ketones (excluding diaryl/α,β-unsaturated/α-hetero) is 1. The molecule has 0 radical (unpaired) electrons. The van der Waals surface area contributed by atoms with Gasteiger partial charge in [0.05, 0.1) is 19.0 Å². The third-order valence-corrected chi connectivity index (χ3v) is 5.13. The second kappa shape index (κ2) is 8.19. The molecule has 1 aliphatic rings. The second-order valence-electron chi connectivity index (χ2n) is 6.90. The standard InChI is InChI=1S/C21H22N6O/c22-7-3-10-27-15-18(17-5-1-2-6-19(17)27)20(28)16-25-11-13-26(14-12-25)21-23-8-4-9-24-21/h1-2,4-6,8-9,15H,3,10-14,16H2. The monoisotopic (exact) mass is 374 g/mol. The van der Waals surface area contributed by atoms with E-state index in [0.29, 0.717) is 19.5 Å². The predicted molar refractivity (Wildman–Crippen MR) is 107 cm³/mol. The van der Waals surface area contributed by atoms with Crippen molar-refractivity contribution in [1.82, 2.24) is 19.4 Å². The Labute approximate surface area is 163 Å². The lowest BCUT2D eigenvalue weighted by Gasteiger charge is -2.34. The summed E-state index contributed by atoms with van der Waals surface area (Å²) in [4.78, 5) is 25.9. The van der Waals surface area contributed by atoms with Gasteiger partial charge in [-0.3, -0.25) is 9.69 Å². The van der Waals surface area contributed by atoms with Crippen LogP contribution in [-0.2, 0) is 6.54 Å². The summed E-state index contributed by atoms with van der Waals surface area (Å²) in [5, 5.41) is 9.85. The molecule has 7 heteroatoms. The smallest absolute Gasteiger partial charge is 0.225 e. The van der Waals surface area contributed by atoms with Crippen LogP contribution >= 0.6 is 0 Å². The topological polar surface area (TPSA) is 78.0 Å². The fraction of sp³-hybridized carbons (Fsp3) is 0.333. The zero-order chi connectivity index (χ0) is 19.3. The number of hydrogen-bond donors (Lipinski definition) is 0. The van der Waals surface area contributed by atoms with Crippen molar-refractivity contribution in [3.05, 3.63) is 54.5 Å². The molecule has 3 aromatic rings. The van der Waals surface area contributed by atoms with Crippen LogP contribution in [0.1, 0.15) is 16.8 Å². The lowest BCUT2D eigenvalue weighted by Crippen LogP contribution is -2.48. The van der Waals surface area contributed by atoms with Gasteiger partial charge in [-0.25, -0.2) is 9.97 Å². The number of carbonyl (C=O) groups excluding carboxylic acids is 1. The SMILES string of the molecule is N#CCCn1cc(C(=O)CN2CCN(c3ncccn3)CC2)c2ccccc21. The van der Waals surface area contributed by atoms with Crippen molar-refractivity contribution in [3.8, 4) is 6.07 Å². The van der Waals surface area contributed by atoms with Crippen LogP contribution in [0.25, 0.3) is 10.9 Å². The Bertz CT molecular complexity index is 999. The Morgan fingerprint density at radius 1 is 1.07 bits per heavy atom. The number of nitriles is 1. The highest BCUT2D eigenvalue weighted by molar-refractivity contribution is 6.09. The normalized spacial score (nSPS) is 14.9. The van der Waals surface area contributed by atoms with Crippen molar-refractivity contribution < 1.29 is 4.79 Å². The van der Waals surface area contributed by atoms with E-state index < -0.39 is 0 Å². The summed E-state index contributed by atoms with van der Waals surface area (Å²) in [5.74, 6) is 0.866. The number of hydrogen-bond acceptors (Lipinski definition) is 6. The van der Waals surface area contributed by atoms with Gasteiger partial charge >= 0.3 is 0 Å². The molecule has 1 aliphatic heterocycles. The number of ketones is 1. The molecule has 3 heterocycles. The fourth-order valence-corrected chi connectivity index (χ4v) is 3.67. The number of aryl methyl sites for hydroxylation is 1. The zero-order valence-corrected chi connectivity index (χ0v) is 15.7. The van der Waals surface area contributed by atoms with Gasteiger partial charge < -0.3 is 9.47 Å². The maximum absolute atomic E-state index is 13.0. The van der Waals surface area contributed by atoms with E-state index in [1.165, 1.54) is 0 Å². The molecule has 142 valence electrons. The first-order valence-corrected chi connectivity index (χ1v) is 9.48. The lowest BCUT2D eigenvalue weighted by atomic mass is 10.1. The van der Waals surface area contributed by atoms with Crippen LogP contribution in [0.5, 0.6) is 0 Å². The third-order valence-electron chi connectivity index (χ3n) is 5.13. The molecule has 0 atom stereocenters. The molecule has 2 aromatic heterocycles. The van der Waals surface area contributed by atoms with Gasteiger partial charge in [-0.1, -0.05) is 18.2 Å². The molecule has 0 N–H and O–H groups in total. The summed E-state index contributed by atoms with van der Waals surface area (Å²) in [7, 11) is 0. The summed E-state index contributed by atoms with van der Waals surface area (Å²) in [5.41, 5.74) is 1.74. The molecule has 1 saturated heterocycles. The van der Waals surface area contributed by atoms with Crippen LogP contribution in [0.4, 0.5) is 5.95 Å². The lowest BCUT2D eigenvalue weighted by molar-refractivity contribution is 0.0927. The quantitative estimate of drug-likeness (QED) is 0.617. The number of fused-ring (bicyclic) bond motifs is 1. The molecule has 28 heavy (non-hydrogen) atoms. The minimum atomic E-state index is 0.122. The largest absolute Gasteiger partial charge is 0.346 e. The van der Waals surface area contributed by atoms with E-state index in [1.54, 1.807) is 12.4 Å². The number of rotatable bonds is 6. The van der Waals surface area contributed by atoms with Crippen LogP contribution in [0.2, 0.25) is 0 Å². The van der Waals surface area contributed by atoms with Crippen LogP contribution in [0.15, 0.2) is 48.9 Å². The van der Waals surface area contributed by atoms with E-state index in [0.717, 1.165) is 48.6 Å². The Morgan fingerprint density at radius 2 is 1.82 bits per heavy atom. The summed E-state index contributed by atoms with van der Waals surface area (Å²) >= 11 is 0. The predicted octanol–water partition coefficient (Wildman–Crippen LogP) is 2.35. The fourth-order valence-electron chi connectivity index (χ4n) is 3.67. The van der Waals surface area contributed by atoms with Gasteiger partial charge in [0.2, 0.25) is 5.95 Å².